The van der Waals surface area contributed by atoms with Crippen LogP contribution in [0.5, 0.6) is 0 Å². The zero-order chi connectivity index (χ0) is 19.9. The van der Waals surface area contributed by atoms with Gasteiger partial charge in [0.15, 0.2) is 5.11 Å². The molecule has 4 nitrogen and oxygen atoms in total. The van der Waals surface area contributed by atoms with Crippen LogP contribution in [-0.4, -0.2) is 22.5 Å². The second kappa shape index (κ2) is 9.29. The zero-order valence-corrected chi connectivity index (χ0v) is 16.8. The van der Waals surface area contributed by atoms with Gasteiger partial charge in [0.2, 0.25) is 0 Å². The molecule has 0 aromatic heterocycles. The van der Waals surface area contributed by atoms with Crippen molar-refractivity contribution in [3.8, 4) is 6.07 Å². The van der Waals surface area contributed by atoms with Gasteiger partial charge in [0.1, 0.15) is 0 Å². The minimum absolute atomic E-state index is 0.0358. The second-order valence-corrected chi connectivity index (χ2v) is 7.79. The van der Waals surface area contributed by atoms with Crippen molar-refractivity contribution in [3.63, 3.8) is 0 Å². The van der Waals surface area contributed by atoms with Gasteiger partial charge >= 0.3 is 0 Å². The van der Waals surface area contributed by atoms with Crippen molar-refractivity contribution in [2.24, 2.45) is 0 Å². The molecule has 27 heavy (non-hydrogen) atoms. The molecular weight excluding hydrogens is 354 g/mol. The van der Waals surface area contributed by atoms with E-state index in [9.17, 15) is 4.79 Å². The molecule has 0 saturated carbocycles. The fraction of sp³-hybridized carbons (Fsp3) is 0.318. The lowest BCUT2D eigenvalue weighted by atomic mass is 9.87. The quantitative estimate of drug-likeness (QED) is 0.782. The van der Waals surface area contributed by atoms with Gasteiger partial charge in [-0.1, -0.05) is 63.2 Å². The summed E-state index contributed by atoms with van der Waals surface area (Å²) < 4.78 is 0. The lowest BCUT2D eigenvalue weighted by molar-refractivity contribution is 0.0973. The van der Waals surface area contributed by atoms with E-state index in [4.69, 9.17) is 17.5 Å². The molecule has 5 heteroatoms. The number of amides is 1. The van der Waals surface area contributed by atoms with Crippen LogP contribution < -0.4 is 5.32 Å². The Morgan fingerprint density at radius 3 is 2.30 bits per heavy atom. The van der Waals surface area contributed by atoms with Crippen LogP contribution >= 0.6 is 12.2 Å². The van der Waals surface area contributed by atoms with Crippen LogP contribution in [0.2, 0.25) is 0 Å². The molecular formula is C22H25N3OS. The molecule has 140 valence electrons. The summed E-state index contributed by atoms with van der Waals surface area (Å²) >= 11 is 5.43. The Hall–Kier alpha value is -2.71. The third kappa shape index (κ3) is 6.19. The van der Waals surface area contributed by atoms with E-state index in [0.29, 0.717) is 30.2 Å². The highest BCUT2D eigenvalue weighted by Crippen LogP contribution is 2.22. The van der Waals surface area contributed by atoms with Gasteiger partial charge in [0.05, 0.1) is 12.5 Å². The molecule has 0 heterocycles. The van der Waals surface area contributed by atoms with Gasteiger partial charge in [0, 0.05) is 18.7 Å². The first-order valence-corrected chi connectivity index (χ1v) is 9.34. The van der Waals surface area contributed by atoms with E-state index in [-0.39, 0.29) is 11.3 Å². The standard InChI is InChI=1S/C22H25N3OS/c1-22(2,3)19-12-10-18(11-13-19)20(26)24-21(27)25(15-7-14-23)16-17-8-5-4-6-9-17/h4-6,8-13H,7,15-16H2,1-3H3,(H,24,26,27). The maximum absolute atomic E-state index is 12.6. The largest absolute Gasteiger partial charge is 0.344 e. The van der Waals surface area contributed by atoms with E-state index >= 15 is 0 Å². The second-order valence-electron chi connectivity index (χ2n) is 7.40. The molecule has 0 bridgehead atoms. The molecule has 0 unspecified atom stereocenters. The predicted molar refractivity (Wildman–Crippen MR) is 112 cm³/mol. The Kier molecular flexibility index (Phi) is 7.09. The molecule has 0 aliphatic heterocycles. The Morgan fingerprint density at radius 1 is 1.11 bits per heavy atom. The molecule has 2 rings (SSSR count). The summed E-state index contributed by atoms with van der Waals surface area (Å²) in [5, 5.41) is 12.0. The summed E-state index contributed by atoms with van der Waals surface area (Å²) in [4.78, 5) is 14.4. The summed E-state index contributed by atoms with van der Waals surface area (Å²) in [6.07, 6.45) is 0.336. The average Bonchev–Trinajstić information content (AvgIpc) is 2.65. The number of hydrogen-bond acceptors (Lipinski definition) is 3. The van der Waals surface area contributed by atoms with E-state index in [1.54, 1.807) is 0 Å². The molecule has 0 saturated heterocycles. The van der Waals surface area contributed by atoms with E-state index < -0.39 is 0 Å². The van der Waals surface area contributed by atoms with Crippen LogP contribution in [0.1, 0.15) is 48.7 Å². The fourth-order valence-electron chi connectivity index (χ4n) is 2.61. The SMILES string of the molecule is CC(C)(C)c1ccc(C(=O)NC(=S)N(CCC#N)Cc2ccccc2)cc1. The minimum atomic E-state index is -0.240. The normalized spacial score (nSPS) is 10.7. The van der Waals surface area contributed by atoms with E-state index in [1.807, 2.05) is 59.5 Å². The molecule has 1 N–H and O–H groups in total. The molecule has 0 aliphatic rings. The zero-order valence-electron chi connectivity index (χ0n) is 16.0. The van der Waals surface area contributed by atoms with Crippen LogP contribution in [0.4, 0.5) is 0 Å². The van der Waals surface area contributed by atoms with Gasteiger partial charge in [-0.2, -0.15) is 5.26 Å². The number of hydrogen-bond donors (Lipinski definition) is 1. The molecule has 0 aliphatic carbocycles. The van der Waals surface area contributed by atoms with Crippen LogP contribution in [0.3, 0.4) is 0 Å². The number of nitriles is 1. The monoisotopic (exact) mass is 379 g/mol. The molecule has 2 aromatic carbocycles. The number of carbonyl (C=O) groups is 1. The number of nitrogens with one attached hydrogen (secondary N) is 1. The summed E-state index contributed by atoms with van der Waals surface area (Å²) in [6.45, 7) is 7.41. The van der Waals surface area contributed by atoms with Gasteiger partial charge < -0.3 is 4.90 Å². The summed E-state index contributed by atoms with van der Waals surface area (Å²) in [6, 6.07) is 19.5. The van der Waals surface area contributed by atoms with Crippen molar-refractivity contribution >= 4 is 23.2 Å². The van der Waals surface area contributed by atoms with E-state index in [2.05, 4.69) is 32.2 Å². The first kappa shape index (κ1) is 20.6. The molecule has 1 amide bonds. The number of nitrogens with zero attached hydrogens (tertiary/aromatic N) is 2. The lowest BCUT2D eigenvalue weighted by Crippen LogP contribution is -2.42. The van der Waals surface area contributed by atoms with Crippen molar-refractivity contribution in [1.29, 1.82) is 5.26 Å². The first-order chi connectivity index (χ1) is 12.8. The number of benzene rings is 2. The lowest BCUT2D eigenvalue weighted by Gasteiger charge is -2.24. The summed E-state index contributed by atoms with van der Waals surface area (Å²) in [5.74, 6) is -0.240. The number of thiocarbonyl (C=S) groups is 1. The van der Waals surface area contributed by atoms with Crippen molar-refractivity contribution in [1.82, 2.24) is 10.2 Å². The molecule has 0 radical (unpaired) electrons. The van der Waals surface area contributed by atoms with Crippen molar-refractivity contribution in [2.45, 2.75) is 39.2 Å². The Balaban J connectivity index is 2.06. The summed E-state index contributed by atoms with van der Waals surface area (Å²) in [7, 11) is 0. The third-order valence-corrected chi connectivity index (χ3v) is 4.59. The Bertz CT molecular complexity index is 817. The van der Waals surface area contributed by atoms with Crippen LogP contribution in [0.15, 0.2) is 54.6 Å². The average molecular weight is 380 g/mol. The minimum Gasteiger partial charge on any atom is -0.344 e. The fourth-order valence-corrected chi connectivity index (χ4v) is 2.86. The molecule has 2 aromatic rings. The maximum atomic E-state index is 12.6. The first-order valence-electron chi connectivity index (χ1n) is 8.93. The topological polar surface area (TPSA) is 56.1 Å². The van der Waals surface area contributed by atoms with Crippen molar-refractivity contribution in [2.75, 3.05) is 6.54 Å². The van der Waals surface area contributed by atoms with E-state index in [0.717, 1.165) is 5.56 Å². The number of carbonyl (C=O) groups excluding carboxylic acids is 1. The van der Waals surface area contributed by atoms with Crippen LogP contribution in [-0.2, 0) is 12.0 Å². The van der Waals surface area contributed by atoms with Crippen molar-refractivity contribution < 1.29 is 4.79 Å². The van der Waals surface area contributed by atoms with Gasteiger partial charge in [-0.15, -0.1) is 0 Å². The van der Waals surface area contributed by atoms with Gasteiger partial charge in [-0.3, -0.25) is 10.1 Å². The Morgan fingerprint density at radius 2 is 1.74 bits per heavy atom. The van der Waals surface area contributed by atoms with Crippen LogP contribution in [0, 0.1) is 11.3 Å². The van der Waals surface area contributed by atoms with E-state index in [1.165, 1.54) is 5.56 Å². The highest BCUT2D eigenvalue weighted by atomic mass is 32.1. The predicted octanol–water partition coefficient (Wildman–Crippen LogP) is 4.41. The maximum Gasteiger partial charge on any atom is 0.257 e. The van der Waals surface area contributed by atoms with Gasteiger partial charge in [0.25, 0.3) is 5.91 Å². The van der Waals surface area contributed by atoms with Gasteiger partial charge in [-0.25, -0.2) is 0 Å². The molecule has 0 fully saturated rings. The molecule has 0 spiro atoms. The highest BCUT2D eigenvalue weighted by Gasteiger charge is 2.17. The Labute approximate surface area is 166 Å². The third-order valence-electron chi connectivity index (χ3n) is 4.23. The van der Waals surface area contributed by atoms with Crippen LogP contribution in [0.25, 0.3) is 0 Å². The number of rotatable bonds is 5. The summed E-state index contributed by atoms with van der Waals surface area (Å²) in [5.41, 5.74) is 2.84. The molecule has 0 atom stereocenters. The van der Waals surface area contributed by atoms with Gasteiger partial charge in [-0.05, 0) is 40.9 Å². The highest BCUT2D eigenvalue weighted by molar-refractivity contribution is 7.80. The smallest absolute Gasteiger partial charge is 0.257 e. The van der Waals surface area contributed by atoms with Crippen molar-refractivity contribution in [3.05, 3.63) is 71.3 Å².